The number of alkyl halides is 1. The van der Waals surface area contributed by atoms with Crippen molar-refractivity contribution in [2.75, 3.05) is 5.33 Å². The van der Waals surface area contributed by atoms with Crippen LogP contribution in [0.2, 0.25) is 5.02 Å². The average Bonchev–Trinajstić information content (AvgIpc) is 2.44. The monoisotopic (exact) mass is 469 g/mol. The van der Waals surface area contributed by atoms with Gasteiger partial charge in [-0.25, -0.2) is 0 Å². The van der Waals surface area contributed by atoms with Gasteiger partial charge in [0.2, 0.25) is 0 Å². The van der Waals surface area contributed by atoms with Gasteiger partial charge in [-0.15, -0.1) is 0 Å². The first-order valence-corrected chi connectivity index (χ1v) is 9.37. The molecule has 1 N–H and O–H groups in total. The first kappa shape index (κ1) is 16.6. The molecule has 0 saturated heterocycles. The highest BCUT2D eigenvalue weighted by molar-refractivity contribution is 14.1. The predicted molar refractivity (Wildman–Crippen MR) is 95.8 cm³/mol. The van der Waals surface area contributed by atoms with Crippen molar-refractivity contribution in [1.29, 1.82) is 0 Å². The maximum atomic E-state index is 12.4. The van der Waals surface area contributed by atoms with Crippen LogP contribution >= 0.6 is 50.1 Å². The maximum Gasteiger partial charge on any atom is 0.251 e. The molecule has 0 heterocycles. The van der Waals surface area contributed by atoms with Gasteiger partial charge < -0.3 is 5.32 Å². The van der Waals surface area contributed by atoms with Crippen molar-refractivity contribution in [2.24, 2.45) is 5.92 Å². The zero-order valence-corrected chi connectivity index (χ0v) is 15.9. The fourth-order valence-electron chi connectivity index (χ4n) is 2.56. The minimum Gasteiger partial charge on any atom is -0.346 e. The number of carbonyl (C=O) groups excluding carboxylic acids is 1. The van der Waals surface area contributed by atoms with Crippen LogP contribution in [0.3, 0.4) is 0 Å². The van der Waals surface area contributed by atoms with Crippen LogP contribution in [0.15, 0.2) is 18.2 Å². The van der Waals surface area contributed by atoms with Gasteiger partial charge in [0.25, 0.3) is 5.91 Å². The summed E-state index contributed by atoms with van der Waals surface area (Å²) >= 11 is 11.8. The fourth-order valence-corrected chi connectivity index (χ4v) is 3.77. The number of benzene rings is 1. The smallest absolute Gasteiger partial charge is 0.251 e. The largest absolute Gasteiger partial charge is 0.346 e. The molecule has 0 aliphatic heterocycles. The molecule has 0 unspecified atom stereocenters. The number of nitrogens with one attached hydrogen (secondary N) is 1. The van der Waals surface area contributed by atoms with E-state index in [9.17, 15) is 4.79 Å². The molecular weight excluding hydrogens is 452 g/mol. The fraction of sp³-hybridized carbons (Fsp3) is 0.533. The van der Waals surface area contributed by atoms with Crippen molar-refractivity contribution in [3.63, 3.8) is 0 Å². The number of carbonyl (C=O) groups is 1. The van der Waals surface area contributed by atoms with Crippen molar-refractivity contribution in [3.05, 3.63) is 32.4 Å². The van der Waals surface area contributed by atoms with E-state index in [4.69, 9.17) is 11.6 Å². The number of rotatable bonds is 3. The highest BCUT2D eigenvalue weighted by Gasteiger charge is 2.34. The van der Waals surface area contributed by atoms with Gasteiger partial charge in [0.15, 0.2) is 0 Å². The Morgan fingerprint density at radius 1 is 1.50 bits per heavy atom. The van der Waals surface area contributed by atoms with Gasteiger partial charge in [-0.1, -0.05) is 34.5 Å². The van der Waals surface area contributed by atoms with Crippen molar-refractivity contribution in [3.8, 4) is 0 Å². The summed E-state index contributed by atoms with van der Waals surface area (Å²) < 4.78 is 0.961. The Kier molecular flexibility index (Phi) is 5.77. The molecule has 20 heavy (non-hydrogen) atoms. The van der Waals surface area contributed by atoms with Crippen LogP contribution in [0.4, 0.5) is 0 Å². The summed E-state index contributed by atoms with van der Waals surface area (Å²) in [5, 5.41) is 4.65. The Labute approximate surface area is 147 Å². The van der Waals surface area contributed by atoms with E-state index in [0.29, 0.717) is 10.6 Å². The Hall–Kier alpha value is 0.190. The predicted octanol–water partition coefficient (Wildman–Crippen LogP) is 5.02. The molecular formula is C15H18BrClINO. The molecule has 1 aliphatic rings. The minimum absolute atomic E-state index is 0.0303. The summed E-state index contributed by atoms with van der Waals surface area (Å²) in [6, 6.07) is 5.45. The summed E-state index contributed by atoms with van der Waals surface area (Å²) in [6.45, 7) is 2.28. The van der Waals surface area contributed by atoms with Gasteiger partial charge in [-0.05, 0) is 72.4 Å². The molecule has 0 bridgehead atoms. The number of hydrogen-bond acceptors (Lipinski definition) is 1. The van der Waals surface area contributed by atoms with Gasteiger partial charge in [-0.3, -0.25) is 4.79 Å². The van der Waals surface area contributed by atoms with Crippen LogP contribution in [-0.4, -0.2) is 16.8 Å². The highest BCUT2D eigenvalue weighted by atomic mass is 127. The maximum absolute atomic E-state index is 12.4. The topological polar surface area (TPSA) is 29.1 Å². The summed E-state index contributed by atoms with van der Waals surface area (Å²) in [5.41, 5.74) is 0.522. The average molecular weight is 471 g/mol. The van der Waals surface area contributed by atoms with E-state index in [1.54, 1.807) is 6.07 Å². The zero-order chi connectivity index (χ0) is 14.8. The molecule has 0 aromatic heterocycles. The van der Waals surface area contributed by atoms with E-state index in [0.717, 1.165) is 27.7 Å². The summed E-state index contributed by atoms with van der Waals surface area (Å²) in [4.78, 5) is 12.4. The van der Waals surface area contributed by atoms with Crippen molar-refractivity contribution in [2.45, 2.75) is 38.1 Å². The molecule has 1 aliphatic carbocycles. The second-order valence-corrected chi connectivity index (χ2v) is 7.81. The van der Waals surface area contributed by atoms with E-state index >= 15 is 0 Å². The van der Waals surface area contributed by atoms with Gasteiger partial charge in [0, 0.05) is 14.5 Å². The van der Waals surface area contributed by atoms with Gasteiger partial charge >= 0.3 is 0 Å². The Morgan fingerprint density at radius 3 is 2.70 bits per heavy atom. The molecule has 1 aromatic rings. The molecule has 0 radical (unpaired) electrons. The van der Waals surface area contributed by atoms with Crippen molar-refractivity contribution in [1.82, 2.24) is 5.32 Å². The van der Waals surface area contributed by atoms with Gasteiger partial charge in [0.05, 0.1) is 10.6 Å². The van der Waals surface area contributed by atoms with Crippen LogP contribution in [0.1, 0.15) is 43.0 Å². The quantitative estimate of drug-likeness (QED) is 0.488. The first-order chi connectivity index (χ1) is 9.46. The molecule has 2 rings (SSSR count). The third-order valence-corrected chi connectivity index (χ3v) is 6.69. The van der Waals surface area contributed by atoms with Gasteiger partial charge in [0.1, 0.15) is 0 Å². The molecule has 0 atom stereocenters. The third-order valence-electron chi connectivity index (χ3n) is 4.05. The Bertz CT molecular complexity index is 501. The SMILES string of the molecule is CC1CCC(CBr)(NC(=O)c2ccc(I)c(Cl)c2)CC1. The molecule has 1 saturated carbocycles. The normalized spacial score (nSPS) is 26.3. The van der Waals surface area contributed by atoms with Crippen molar-refractivity contribution < 1.29 is 4.79 Å². The Morgan fingerprint density at radius 2 is 2.15 bits per heavy atom. The lowest BCUT2D eigenvalue weighted by Crippen LogP contribution is -2.52. The van der Waals surface area contributed by atoms with Gasteiger partial charge in [-0.2, -0.15) is 0 Å². The first-order valence-electron chi connectivity index (χ1n) is 6.79. The standard InChI is InChI=1S/C15H18BrClINO/c1-10-4-6-15(9-16,7-5-10)19-14(20)11-2-3-13(18)12(17)8-11/h2-3,8,10H,4-7,9H2,1H3,(H,19,20). The van der Waals surface area contributed by atoms with E-state index in [1.807, 2.05) is 12.1 Å². The molecule has 0 spiro atoms. The van der Waals surface area contributed by atoms with Crippen molar-refractivity contribution >= 4 is 56.0 Å². The molecule has 1 aromatic carbocycles. The lowest BCUT2D eigenvalue weighted by atomic mass is 9.78. The second kappa shape index (κ2) is 6.97. The highest BCUT2D eigenvalue weighted by Crippen LogP contribution is 2.33. The minimum atomic E-state index is -0.112. The lowest BCUT2D eigenvalue weighted by molar-refractivity contribution is 0.0874. The zero-order valence-electron chi connectivity index (χ0n) is 11.4. The van der Waals surface area contributed by atoms with Crippen LogP contribution in [-0.2, 0) is 0 Å². The van der Waals surface area contributed by atoms with E-state index in [2.05, 4.69) is 50.8 Å². The van der Waals surface area contributed by atoms with E-state index < -0.39 is 0 Å². The Balaban J connectivity index is 2.11. The number of hydrogen-bond donors (Lipinski definition) is 1. The molecule has 2 nitrogen and oxygen atoms in total. The number of amides is 1. The summed E-state index contributed by atoms with van der Waals surface area (Å²) in [7, 11) is 0. The third kappa shape index (κ3) is 3.89. The molecule has 110 valence electrons. The lowest BCUT2D eigenvalue weighted by Gasteiger charge is -2.39. The van der Waals surface area contributed by atoms with E-state index in [1.165, 1.54) is 12.8 Å². The molecule has 5 heteroatoms. The van der Waals surface area contributed by atoms with Crippen LogP contribution < -0.4 is 5.32 Å². The van der Waals surface area contributed by atoms with Crippen LogP contribution in [0, 0.1) is 9.49 Å². The molecule has 1 amide bonds. The molecule has 1 fully saturated rings. The van der Waals surface area contributed by atoms with E-state index in [-0.39, 0.29) is 11.4 Å². The second-order valence-electron chi connectivity index (χ2n) is 5.68. The summed E-state index contributed by atoms with van der Waals surface area (Å²) in [5.74, 6) is 0.726. The number of halogens is 3. The van der Waals surface area contributed by atoms with Crippen LogP contribution in [0.5, 0.6) is 0 Å². The summed E-state index contributed by atoms with van der Waals surface area (Å²) in [6.07, 6.45) is 4.39. The van der Waals surface area contributed by atoms with Crippen LogP contribution in [0.25, 0.3) is 0 Å².